The molecule has 100 valence electrons. The zero-order chi connectivity index (χ0) is 12.7. The number of aliphatic carboxylic acids is 1. The fraction of sp³-hybridized carbons (Fsp3) is 0.929. The van der Waals surface area contributed by atoms with Crippen LogP contribution in [0.4, 0.5) is 0 Å². The second-order valence-electron chi connectivity index (χ2n) is 5.69. The summed E-state index contributed by atoms with van der Waals surface area (Å²) in [5, 5.41) is 8.93. The molecule has 3 N–H and O–H groups in total. The van der Waals surface area contributed by atoms with Crippen LogP contribution in [0.15, 0.2) is 0 Å². The zero-order valence-electron chi connectivity index (χ0n) is 11.0. The quantitative estimate of drug-likeness (QED) is 0.720. The van der Waals surface area contributed by atoms with Crippen LogP contribution in [0.2, 0.25) is 0 Å². The van der Waals surface area contributed by atoms with Crippen molar-refractivity contribution in [2.24, 2.45) is 23.5 Å². The lowest BCUT2D eigenvalue weighted by molar-refractivity contribution is -0.141. The van der Waals surface area contributed by atoms with E-state index in [4.69, 9.17) is 10.8 Å². The smallest absolute Gasteiger partial charge is 0.307 e. The molecule has 0 aliphatic heterocycles. The summed E-state index contributed by atoms with van der Waals surface area (Å²) in [6.07, 6.45) is 9.95. The van der Waals surface area contributed by atoms with Gasteiger partial charge in [-0.25, -0.2) is 0 Å². The minimum atomic E-state index is -0.739. The molecular formula is C14H27NO2. The molecule has 1 fully saturated rings. The fourth-order valence-electron chi connectivity index (χ4n) is 2.94. The number of carbonyl (C=O) groups is 1. The number of rotatable bonds is 7. The summed E-state index contributed by atoms with van der Waals surface area (Å²) in [6.45, 7) is 2.52. The maximum atomic E-state index is 10.9. The van der Waals surface area contributed by atoms with Crippen molar-refractivity contribution in [1.29, 1.82) is 0 Å². The number of hydrogen-bond acceptors (Lipinski definition) is 2. The Balaban J connectivity index is 2.19. The largest absolute Gasteiger partial charge is 0.481 e. The van der Waals surface area contributed by atoms with Crippen molar-refractivity contribution in [2.45, 2.75) is 58.3 Å². The van der Waals surface area contributed by atoms with E-state index >= 15 is 0 Å². The SMILES string of the molecule is CC(CC[C@H](CN)C(=O)O)CC1CCCCC1. The number of carboxylic acids is 1. The van der Waals surface area contributed by atoms with Crippen LogP contribution in [0.1, 0.15) is 58.3 Å². The van der Waals surface area contributed by atoms with Crippen molar-refractivity contribution in [3.63, 3.8) is 0 Å². The molecule has 0 spiro atoms. The van der Waals surface area contributed by atoms with Crippen LogP contribution in [-0.4, -0.2) is 17.6 Å². The lowest BCUT2D eigenvalue weighted by atomic mass is 9.81. The molecule has 0 aromatic rings. The van der Waals surface area contributed by atoms with E-state index in [0.717, 1.165) is 18.8 Å². The molecule has 1 aliphatic rings. The van der Waals surface area contributed by atoms with Gasteiger partial charge in [-0.3, -0.25) is 4.79 Å². The second kappa shape index (κ2) is 7.70. The van der Waals surface area contributed by atoms with Crippen LogP contribution in [0, 0.1) is 17.8 Å². The summed E-state index contributed by atoms with van der Waals surface area (Å²) >= 11 is 0. The van der Waals surface area contributed by atoms with E-state index in [-0.39, 0.29) is 12.5 Å². The minimum Gasteiger partial charge on any atom is -0.481 e. The van der Waals surface area contributed by atoms with Crippen LogP contribution in [0.25, 0.3) is 0 Å². The van der Waals surface area contributed by atoms with Gasteiger partial charge in [0.2, 0.25) is 0 Å². The van der Waals surface area contributed by atoms with Crippen LogP contribution in [-0.2, 0) is 4.79 Å². The molecule has 1 saturated carbocycles. The molecule has 0 radical (unpaired) electrons. The highest BCUT2D eigenvalue weighted by atomic mass is 16.4. The molecule has 17 heavy (non-hydrogen) atoms. The third-order valence-corrected chi connectivity index (χ3v) is 4.10. The maximum absolute atomic E-state index is 10.9. The van der Waals surface area contributed by atoms with Gasteiger partial charge >= 0.3 is 5.97 Å². The first-order valence-corrected chi connectivity index (χ1v) is 7.06. The van der Waals surface area contributed by atoms with E-state index in [9.17, 15) is 4.79 Å². The van der Waals surface area contributed by atoms with Gasteiger partial charge in [-0.05, 0) is 31.1 Å². The summed E-state index contributed by atoms with van der Waals surface area (Å²) in [5.74, 6) is 0.451. The summed E-state index contributed by atoms with van der Waals surface area (Å²) in [5.41, 5.74) is 5.46. The van der Waals surface area contributed by atoms with Gasteiger partial charge in [0.15, 0.2) is 0 Å². The Bertz CT molecular complexity index is 224. The molecule has 2 atom stereocenters. The van der Waals surface area contributed by atoms with Gasteiger partial charge < -0.3 is 10.8 Å². The zero-order valence-corrected chi connectivity index (χ0v) is 11.0. The van der Waals surface area contributed by atoms with Gasteiger partial charge in [0.1, 0.15) is 0 Å². The Kier molecular flexibility index (Phi) is 6.56. The Labute approximate surface area is 105 Å². The first-order chi connectivity index (χ1) is 8.13. The molecule has 0 aromatic carbocycles. The van der Waals surface area contributed by atoms with Gasteiger partial charge in [0.25, 0.3) is 0 Å². The molecule has 0 bridgehead atoms. The van der Waals surface area contributed by atoms with Gasteiger partial charge in [-0.1, -0.05) is 39.0 Å². The molecule has 3 nitrogen and oxygen atoms in total. The van der Waals surface area contributed by atoms with Crippen molar-refractivity contribution >= 4 is 5.97 Å². The topological polar surface area (TPSA) is 63.3 Å². The van der Waals surface area contributed by atoms with Crippen molar-refractivity contribution in [3.05, 3.63) is 0 Å². The molecule has 0 heterocycles. The summed E-state index contributed by atoms with van der Waals surface area (Å²) < 4.78 is 0. The molecule has 0 aromatic heterocycles. The standard InChI is InChI=1S/C14H27NO2/c1-11(7-8-13(10-15)14(16)17)9-12-5-3-2-4-6-12/h11-13H,2-10,15H2,1H3,(H,16,17)/t11?,13-/m1/s1. The third kappa shape index (κ3) is 5.53. The monoisotopic (exact) mass is 241 g/mol. The number of carboxylic acid groups (broad SMARTS) is 1. The Hall–Kier alpha value is -0.570. The Morgan fingerprint density at radius 3 is 2.47 bits per heavy atom. The van der Waals surface area contributed by atoms with Crippen LogP contribution in [0.5, 0.6) is 0 Å². The molecular weight excluding hydrogens is 214 g/mol. The highest BCUT2D eigenvalue weighted by Gasteiger charge is 2.19. The van der Waals surface area contributed by atoms with E-state index in [1.54, 1.807) is 0 Å². The predicted octanol–water partition coefficient (Wildman–Crippen LogP) is 3.03. The average molecular weight is 241 g/mol. The summed E-state index contributed by atoms with van der Waals surface area (Å²) in [6, 6.07) is 0. The van der Waals surface area contributed by atoms with E-state index < -0.39 is 5.97 Å². The van der Waals surface area contributed by atoms with Gasteiger partial charge in [0, 0.05) is 6.54 Å². The molecule has 3 heteroatoms. The van der Waals surface area contributed by atoms with Crippen molar-refractivity contribution in [1.82, 2.24) is 0 Å². The van der Waals surface area contributed by atoms with Gasteiger partial charge in [-0.15, -0.1) is 0 Å². The fourth-order valence-corrected chi connectivity index (χ4v) is 2.94. The summed E-state index contributed by atoms with van der Waals surface area (Å²) in [4.78, 5) is 10.9. The minimum absolute atomic E-state index is 0.269. The second-order valence-corrected chi connectivity index (χ2v) is 5.69. The van der Waals surface area contributed by atoms with E-state index in [1.165, 1.54) is 38.5 Å². The summed E-state index contributed by atoms with van der Waals surface area (Å²) in [7, 11) is 0. The highest BCUT2D eigenvalue weighted by Crippen LogP contribution is 2.30. The number of hydrogen-bond donors (Lipinski definition) is 2. The van der Waals surface area contributed by atoms with Crippen molar-refractivity contribution in [3.8, 4) is 0 Å². The van der Waals surface area contributed by atoms with Crippen LogP contribution < -0.4 is 5.73 Å². The lowest BCUT2D eigenvalue weighted by Crippen LogP contribution is -2.24. The third-order valence-electron chi connectivity index (χ3n) is 4.10. The van der Waals surface area contributed by atoms with Crippen molar-refractivity contribution < 1.29 is 9.90 Å². The number of nitrogens with two attached hydrogens (primary N) is 1. The van der Waals surface area contributed by atoms with Gasteiger partial charge in [0.05, 0.1) is 5.92 Å². The lowest BCUT2D eigenvalue weighted by Gasteiger charge is -2.25. The Morgan fingerprint density at radius 1 is 1.29 bits per heavy atom. The van der Waals surface area contributed by atoms with Crippen LogP contribution in [0.3, 0.4) is 0 Å². The molecule has 0 amide bonds. The Morgan fingerprint density at radius 2 is 1.94 bits per heavy atom. The van der Waals surface area contributed by atoms with E-state index in [2.05, 4.69) is 6.92 Å². The first-order valence-electron chi connectivity index (χ1n) is 7.06. The first kappa shape index (κ1) is 14.5. The predicted molar refractivity (Wildman–Crippen MR) is 69.8 cm³/mol. The van der Waals surface area contributed by atoms with Crippen molar-refractivity contribution in [2.75, 3.05) is 6.54 Å². The van der Waals surface area contributed by atoms with E-state index in [1.807, 2.05) is 0 Å². The molecule has 0 saturated heterocycles. The van der Waals surface area contributed by atoms with Crippen LogP contribution >= 0.6 is 0 Å². The maximum Gasteiger partial charge on any atom is 0.307 e. The molecule has 1 rings (SSSR count). The molecule has 1 unspecified atom stereocenters. The normalized spacial score (nSPS) is 21.1. The highest BCUT2D eigenvalue weighted by molar-refractivity contribution is 5.70. The molecule has 1 aliphatic carbocycles. The average Bonchev–Trinajstić information content (AvgIpc) is 2.30. The van der Waals surface area contributed by atoms with E-state index in [0.29, 0.717) is 5.92 Å². The van der Waals surface area contributed by atoms with Gasteiger partial charge in [-0.2, -0.15) is 0 Å².